The smallest absolute Gasteiger partial charge is 0.198 e. The maximum absolute atomic E-state index is 12.5. The van der Waals surface area contributed by atoms with Gasteiger partial charge in [-0.2, -0.15) is 0 Å². The summed E-state index contributed by atoms with van der Waals surface area (Å²) in [7, 11) is 0. The molecule has 0 radical (unpaired) electrons. The van der Waals surface area contributed by atoms with Gasteiger partial charge < -0.3 is 9.88 Å². The van der Waals surface area contributed by atoms with Gasteiger partial charge in [0.15, 0.2) is 5.43 Å². The number of aromatic nitrogens is 1. The van der Waals surface area contributed by atoms with Crippen molar-refractivity contribution in [2.75, 3.05) is 13.1 Å². The molecule has 0 spiro atoms. The molecule has 18 heavy (non-hydrogen) atoms. The van der Waals surface area contributed by atoms with Gasteiger partial charge in [-0.25, -0.2) is 0 Å². The number of rotatable bonds is 4. The van der Waals surface area contributed by atoms with E-state index in [2.05, 4.69) is 18.8 Å². The van der Waals surface area contributed by atoms with Crippen LogP contribution in [-0.4, -0.2) is 18.1 Å². The number of hydrogen-bond donors (Lipinski definition) is 2. The van der Waals surface area contributed by atoms with Gasteiger partial charge in [-0.3, -0.25) is 4.79 Å². The molecule has 0 saturated heterocycles. The Morgan fingerprint density at radius 1 is 1.17 bits per heavy atom. The third kappa shape index (κ3) is 2.31. The Morgan fingerprint density at radius 2 is 1.83 bits per heavy atom. The number of pyridine rings is 1. The predicted octanol–water partition coefficient (Wildman–Crippen LogP) is 1.26. The van der Waals surface area contributed by atoms with Gasteiger partial charge in [0.05, 0.1) is 18.7 Å². The van der Waals surface area contributed by atoms with E-state index >= 15 is 0 Å². The average molecular weight is 245 g/mol. The normalized spacial score (nSPS) is 11.3. The van der Waals surface area contributed by atoms with Crippen molar-refractivity contribution in [1.29, 1.82) is 0 Å². The largest absolute Gasteiger partial charge is 0.358 e. The number of aromatic amines is 1. The molecule has 3 nitrogen and oxygen atoms in total. The average Bonchev–Trinajstić information content (AvgIpc) is 2.39. The molecule has 0 saturated carbocycles. The van der Waals surface area contributed by atoms with Crippen LogP contribution in [0.15, 0.2) is 29.1 Å². The van der Waals surface area contributed by atoms with E-state index in [1.165, 1.54) is 4.90 Å². The third-order valence-corrected chi connectivity index (χ3v) is 3.65. The van der Waals surface area contributed by atoms with E-state index in [4.69, 9.17) is 0 Å². The number of hydrogen-bond acceptors (Lipinski definition) is 1. The lowest BCUT2D eigenvalue weighted by Gasteiger charge is -2.16. The maximum Gasteiger partial charge on any atom is 0.198 e. The van der Waals surface area contributed by atoms with Crippen molar-refractivity contribution in [3.8, 4) is 0 Å². The number of benzene rings is 1. The highest BCUT2D eigenvalue weighted by Crippen LogP contribution is 2.09. The monoisotopic (exact) mass is 245 g/mol. The van der Waals surface area contributed by atoms with E-state index in [-0.39, 0.29) is 5.43 Å². The Morgan fingerprint density at radius 3 is 2.50 bits per heavy atom. The minimum Gasteiger partial charge on any atom is -0.358 e. The van der Waals surface area contributed by atoms with E-state index in [9.17, 15) is 4.79 Å². The number of H-pyrrole nitrogens is 1. The molecular formula is C15H21N2O+. The van der Waals surface area contributed by atoms with Crippen LogP contribution >= 0.6 is 0 Å². The molecule has 0 aliphatic carbocycles. The molecule has 2 rings (SSSR count). The molecule has 2 aromatic rings. The quantitative estimate of drug-likeness (QED) is 0.836. The molecule has 3 heteroatoms. The molecule has 2 N–H and O–H groups in total. The number of fused-ring (bicyclic) bond motifs is 1. The van der Waals surface area contributed by atoms with Gasteiger partial charge >= 0.3 is 0 Å². The van der Waals surface area contributed by atoms with E-state index in [1.807, 2.05) is 31.2 Å². The topological polar surface area (TPSA) is 37.3 Å². The molecule has 0 bridgehead atoms. The lowest BCUT2D eigenvalue weighted by molar-refractivity contribution is -0.910. The van der Waals surface area contributed by atoms with Crippen molar-refractivity contribution in [3.05, 3.63) is 45.7 Å². The second kappa shape index (κ2) is 5.36. The van der Waals surface area contributed by atoms with Gasteiger partial charge in [-0.15, -0.1) is 0 Å². The minimum atomic E-state index is 0.182. The summed E-state index contributed by atoms with van der Waals surface area (Å²) in [6.07, 6.45) is 0. The summed E-state index contributed by atoms with van der Waals surface area (Å²) in [5.74, 6) is 0. The minimum absolute atomic E-state index is 0.182. The third-order valence-electron chi connectivity index (χ3n) is 3.65. The second-order valence-electron chi connectivity index (χ2n) is 4.74. The van der Waals surface area contributed by atoms with E-state index in [1.54, 1.807) is 0 Å². The fraction of sp³-hybridized carbons (Fsp3) is 0.400. The van der Waals surface area contributed by atoms with Crippen molar-refractivity contribution in [3.63, 3.8) is 0 Å². The van der Waals surface area contributed by atoms with Crippen LogP contribution < -0.4 is 10.3 Å². The van der Waals surface area contributed by atoms with E-state index in [0.717, 1.165) is 41.8 Å². The first-order valence-corrected chi connectivity index (χ1v) is 6.61. The first kappa shape index (κ1) is 12.8. The summed E-state index contributed by atoms with van der Waals surface area (Å²) in [4.78, 5) is 17.3. The fourth-order valence-corrected chi connectivity index (χ4v) is 2.36. The lowest BCUT2D eigenvalue weighted by Crippen LogP contribution is -3.10. The molecule has 0 atom stereocenters. The zero-order valence-corrected chi connectivity index (χ0v) is 11.3. The van der Waals surface area contributed by atoms with Crippen LogP contribution in [0, 0.1) is 6.92 Å². The zero-order chi connectivity index (χ0) is 13.1. The Bertz CT molecular complexity index is 597. The Labute approximate surface area is 107 Å². The summed E-state index contributed by atoms with van der Waals surface area (Å²) >= 11 is 0. The van der Waals surface area contributed by atoms with Crippen molar-refractivity contribution in [2.45, 2.75) is 27.3 Å². The molecule has 0 aliphatic heterocycles. The Hall–Kier alpha value is -1.61. The molecule has 1 heterocycles. The van der Waals surface area contributed by atoms with Gasteiger partial charge in [-0.1, -0.05) is 12.1 Å². The molecule has 1 aromatic carbocycles. The summed E-state index contributed by atoms with van der Waals surface area (Å²) in [5, 5.41) is 0.796. The highest BCUT2D eigenvalue weighted by Gasteiger charge is 2.13. The summed E-state index contributed by atoms with van der Waals surface area (Å²) in [5.41, 5.74) is 3.03. The van der Waals surface area contributed by atoms with Gasteiger partial charge in [0.25, 0.3) is 0 Å². The van der Waals surface area contributed by atoms with Gasteiger partial charge in [-0.05, 0) is 32.9 Å². The van der Waals surface area contributed by atoms with Crippen molar-refractivity contribution < 1.29 is 4.90 Å². The highest BCUT2D eigenvalue weighted by atomic mass is 16.1. The molecule has 96 valence electrons. The standard InChI is InChI=1S/C15H20N2O/c1-4-17(5-2)10-13-11(3)16-14-9-7-6-8-12(14)15(13)18/h6-9H,4-5,10H2,1-3H3,(H,16,18)/p+1. The van der Waals surface area contributed by atoms with Crippen LogP contribution in [0.5, 0.6) is 0 Å². The predicted molar refractivity (Wildman–Crippen MR) is 75.1 cm³/mol. The van der Waals surface area contributed by atoms with Crippen molar-refractivity contribution >= 4 is 10.9 Å². The number of aryl methyl sites for hydroxylation is 1. The van der Waals surface area contributed by atoms with Gasteiger partial charge in [0.1, 0.15) is 6.54 Å². The molecule has 0 aliphatic rings. The van der Waals surface area contributed by atoms with Crippen LogP contribution in [0.2, 0.25) is 0 Å². The van der Waals surface area contributed by atoms with E-state index in [0.29, 0.717) is 0 Å². The van der Waals surface area contributed by atoms with Crippen molar-refractivity contribution in [2.24, 2.45) is 0 Å². The molecule has 0 amide bonds. The first-order valence-electron chi connectivity index (χ1n) is 6.61. The Balaban J connectivity index is 2.54. The van der Waals surface area contributed by atoms with Crippen LogP contribution in [0.3, 0.4) is 0 Å². The summed E-state index contributed by atoms with van der Waals surface area (Å²) in [6, 6.07) is 7.72. The van der Waals surface area contributed by atoms with Crippen LogP contribution in [0.25, 0.3) is 10.9 Å². The van der Waals surface area contributed by atoms with E-state index < -0.39 is 0 Å². The molecule has 0 unspecified atom stereocenters. The molecule has 1 aromatic heterocycles. The Kier molecular flexibility index (Phi) is 3.82. The second-order valence-corrected chi connectivity index (χ2v) is 4.74. The van der Waals surface area contributed by atoms with Crippen molar-refractivity contribution in [1.82, 2.24) is 4.98 Å². The summed E-state index contributed by atoms with van der Waals surface area (Å²) in [6.45, 7) is 9.20. The summed E-state index contributed by atoms with van der Waals surface area (Å²) < 4.78 is 0. The van der Waals surface area contributed by atoms with Crippen LogP contribution in [0.1, 0.15) is 25.1 Å². The highest BCUT2D eigenvalue weighted by molar-refractivity contribution is 5.79. The molecule has 0 fully saturated rings. The lowest BCUT2D eigenvalue weighted by atomic mass is 10.1. The van der Waals surface area contributed by atoms with Crippen LogP contribution in [-0.2, 0) is 6.54 Å². The number of nitrogens with one attached hydrogen (secondary N) is 2. The first-order chi connectivity index (χ1) is 8.67. The van der Waals surface area contributed by atoms with Gasteiger partial charge in [0.2, 0.25) is 0 Å². The number of para-hydroxylation sites is 1. The maximum atomic E-state index is 12.5. The number of quaternary nitrogens is 1. The van der Waals surface area contributed by atoms with Crippen LogP contribution in [0.4, 0.5) is 0 Å². The molecular weight excluding hydrogens is 224 g/mol. The zero-order valence-electron chi connectivity index (χ0n) is 11.3. The van der Waals surface area contributed by atoms with Gasteiger partial charge in [0, 0.05) is 16.6 Å². The fourth-order valence-electron chi connectivity index (χ4n) is 2.36. The SMILES string of the molecule is CC[NH+](CC)Cc1c(C)[nH]c2ccccc2c1=O.